The lowest BCUT2D eigenvalue weighted by Crippen LogP contribution is -2.42. The van der Waals surface area contributed by atoms with Gasteiger partial charge in [0, 0.05) is 35.3 Å². The lowest BCUT2D eigenvalue weighted by Gasteiger charge is -2.25. The van der Waals surface area contributed by atoms with Crippen molar-refractivity contribution in [3.05, 3.63) is 107 Å². The second-order valence-electron chi connectivity index (χ2n) is 10.1. The molecule has 1 atom stereocenters. The van der Waals surface area contributed by atoms with E-state index in [1.54, 1.807) is 12.1 Å². The Hall–Kier alpha value is -4.49. The Bertz CT molecular complexity index is 1720. The molecule has 0 saturated heterocycles. The summed E-state index contributed by atoms with van der Waals surface area (Å²) in [5.74, 6) is 1.47. The van der Waals surface area contributed by atoms with Crippen LogP contribution in [0.25, 0.3) is 0 Å². The number of aromatic nitrogens is 2. The number of nitrogens with zero attached hydrogens (tertiary/aromatic N) is 3. The summed E-state index contributed by atoms with van der Waals surface area (Å²) in [5, 5.41) is 8.52. The monoisotopic (exact) mass is 649 g/mol. The van der Waals surface area contributed by atoms with Gasteiger partial charge in [-0.3, -0.25) is 14.8 Å². The molecule has 14 heteroatoms. The molecule has 5 heterocycles. The van der Waals surface area contributed by atoms with E-state index in [-0.39, 0.29) is 48.4 Å². The third-order valence-corrected chi connectivity index (χ3v) is 7.63. The van der Waals surface area contributed by atoms with E-state index < -0.39 is 30.2 Å². The fourth-order valence-corrected chi connectivity index (χ4v) is 5.62. The molecular formula is C31H25ClF5N3O5. The van der Waals surface area contributed by atoms with Crippen LogP contribution in [0.5, 0.6) is 17.2 Å². The van der Waals surface area contributed by atoms with Crippen LogP contribution in [0.2, 0.25) is 0 Å². The van der Waals surface area contributed by atoms with E-state index in [0.29, 0.717) is 41.7 Å². The van der Waals surface area contributed by atoms with Gasteiger partial charge in [-0.25, -0.2) is 8.78 Å². The number of aliphatic hydroxyl groups is 1. The first-order chi connectivity index (χ1) is 21.1. The van der Waals surface area contributed by atoms with Crippen LogP contribution in [0.1, 0.15) is 40.1 Å². The molecule has 7 rings (SSSR count). The maximum atomic E-state index is 14.0. The van der Waals surface area contributed by atoms with E-state index in [1.807, 2.05) is 24.3 Å². The van der Waals surface area contributed by atoms with E-state index >= 15 is 0 Å². The van der Waals surface area contributed by atoms with Gasteiger partial charge < -0.3 is 24.2 Å². The molecule has 3 aliphatic heterocycles. The minimum absolute atomic E-state index is 0. The molecule has 1 unspecified atom stereocenters. The van der Waals surface area contributed by atoms with Crippen molar-refractivity contribution in [1.82, 2.24) is 9.97 Å². The number of hydrogen-bond acceptors (Lipinski definition) is 7. The summed E-state index contributed by atoms with van der Waals surface area (Å²) in [5.41, 5.74) is -0.189. The fourth-order valence-electron chi connectivity index (χ4n) is 5.62. The van der Waals surface area contributed by atoms with E-state index in [0.717, 1.165) is 11.6 Å². The molecule has 3 aliphatic rings. The van der Waals surface area contributed by atoms with Crippen molar-refractivity contribution in [2.75, 3.05) is 24.7 Å². The first-order valence-electron chi connectivity index (χ1n) is 13.5. The fraction of sp³-hybridized carbons (Fsp3) is 0.258. The molecule has 2 aromatic heterocycles. The zero-order valence-corrected chi connectivity index (χ0v) is 24.1. The largest absolute Gasteiger partial charge is 0.491 e. The summed E-state index contributed by atoms with van der Waals surface area (Å²) < 4.78 is 80.7. The average Bonchev–Trinajstić information content (AvgIpc) is 3.51. The Kier molecular flexibility index (Phi) is 8.86. The van der Waals surface area contributed by atoms with Crippen LogP contribution in [0.4, 0.5) is 27.6 Å². The lowest BCUT2D eigenvalue weighted by molar-refractivity contribution is -0.139. The van der Waals surface area contributed by atoms with Crippen LogP contribution in [0.15, 0.2) is 73.1 Å². The number of rotatable bonds is 4. The molecule has 0 fully saturated rings. The number of carbonyl (C=O) groups is 1. The SMILES string of the molecule is Cl.O=C1N(Cc2ncccc2C(F)F)c2ccccc2C12COc1cc3c(cc12)OCCO3.OCc1ncccc1C(F)(F)F. The molecule has 4 aromatic rings. The summed E-state index contributed by atoms with van der Waals surface area (Å²) >= 11 is 0. The highest BCUT2D eigenvalue weighted by Crippen LogP contribution is 2.55. The first-order valence-corrected chi connectivity index (χ1v) is 13.5. The Labute approximate surface area is 259 Å². The number of benzene rings is 2. The molecule has 1 N–H and O–H groups in total. The van der Waals surface area contributed by atoms with Crippen LogP contribution in [-0.2, 0) is 29.5 Å². The molecule has 8 nitrogen and oxygen atoms in total. The third-order valence-electron chi connectivity index (χ3n) is 7.63. The molecule has 1 amide bonds. The third kappa shape index (κ3) is 5.61. The molecule has 236 valence electrons. The number of halogens is 6. The van der Waals surface area contributed by atoms with Crippen molar-refractivity contribution in [1.29, 1.82) is 0 Å². The van der Waals surface area contributed by atoms with E-state index in [1.165, 1.54) is 35.5 Å². The normalized spacial score (nSPS) is 17.7. The van der Waals surface area contributed by atoms with Gasteiger partial charge in [-0.05, 0) is 42.0 Å². The van der Waals surface area contributed by atoms with Gasteiger partial charge >= 0.3 is 6.18 Å². The Morgan fingerprint density at radius 1 is 0.867 bits per heavy atom. The lowest BCUT2D eigenvalue weighted by atomic mass is 9.77. The zero-order valence-electron chi connectivity index (χ0n) is 23.3. The quantitative estimate of drug-likeness (QED) is 0.270. The molecule has 2 aromatic carbocycles. The number of para-hydroxylation sites is 1. The summed E-state index contributed by atoms with van der Waals surface area (Å²) in [6.07, 6.45) is -4.45. The van der Waals surface area contributed by atoms with E-state index in [9.17, 15) is 26.7 Å². The second kappa shape index (κ2) is 12.5. The van der Waals surface area contributed by atoms with Crippen LogP contribution >= 0.6 is 12.4 Å². The summed E-state index contributed by atoms with van der Waals surface area (Å²) in [6, 6.07) is 15.8. The number of anilines is 1. The Balaban J connectivity index is 0.000000262. The minimum atomic E-state index is -4.44. The molecule has 0 radical (unpaired) electrons. The highest BCUT2D eigenvalue weighted by molar-refractivity contribution is 6.11. The molecule has 0 aliphatic carbocycles. The molecule has 45 heavy (non-hydrogen) atoms. The van der Waals surface area contributed by atoms with Crippen LogP contribution in [0, 0.1) is 0 Å². The number of carbonyl (C=O) groups excluding carboxylic acids is 1. The van der Waals surface area contributed by atoms with Crippen molar-refractivity contribution in [3.8, 4) is 17.2 Å². The highest BCUT2D eigenvalue weighted by atomic mass is 35.5. The molecule has 1 spiro atoms. The standard InChI is InChI=1S/C24H18F2N2O4.C7H6F3NO.ClH/c25-22(26)14-4-3-7-27-17(14)12-28-18-6-2-1-5-15(18)24(23(28)29)13-32-19-11-21-20(10-16(19)24)30-8-9-31-21;8-7(9,10)5-2-1-3-11-6(5)4-12;/h1-7,10-11,22H,8-9,12-13H2;1-3,12H,4H2;1H. The topological polar surface area (TPSA) is 94.0 Å². The van der Waals surface area contributed by atoms with Crippen molar-refractivity contribution < 1.29 is 46.1 Å². The predicted octanol–water partition coefficient (Wildman–Crippen LogP) is 6.03. The Morgan fingerprint density at radius 2 is 1.53 bits per heavy atom. The van der Waals surface area contributed by atoms with Gasteiger partial charge in [-0.15, -0.1) is 12.4 Å². The van der Waals surface area contributed by atoms with Gasteiger partial charge in [0.1, 0.15) is 31.0 Å². The van der Waals surface area contributed by atoms with Crippen molar-refractivity contribution in [3.63, 3.8) is 0 Å². The number of hydrogen-bond donors (Lipinski definition) is 1. The molecule has 0 bridgehead atoms. The summed E-state index contributed by atoms with van der Waals surface area (Å²) in [7, 11) is 0. The molecule has 0 saturated carbocycles. The van der Waals surface area contributed by atoms with Crippen molar-refractivity contribution >= 4 is 24.0 Å². The van der Waals surface area contributed by atoms with Gasteiger partial charge in [-0.2, -0.15) is 13.2 Å². The van der Waals surface area contributed by atoms with Crippen LogP contribution in [0.3, 0.4) is 0 Å². The van der Waals surface area contributed by atoms with Gasteiger partial charge in [0.05, 0.1) is 30.1 Å². The maximum absolute atomic E-state index is 14.0. The van der Waals surface area contributed by atoms with Gasteiger partial charge in [0.15, 0.2) is 11.5 Å². The summed E-state index contributed by atoms with van der Waals surface area (Å²) in [6.45, 7) is 0.227. The van der Waals surface area contributed by atoms with E-state index in [2.05, 4.69) is 9.97 Å². The average molecular weight is 650 g/mol. The molecular weight excluding hydrogens is 625 g/mol. The van der Waals surface area contributed by atoms with Crippen molar-refractivity contribution in [2.45, 2.75) is 31.2 Å². The van der Waals surface area contributed by atoms with Crippen LogP contribution in [-0.4, -0.2) is 40.8 Å². The highest BCUT2D eigenvalue weighted by Gasteiger charge is 2.57. The van der Waals surface area contributed by atoms with Crippen LogP contribution < -0.4 is 19.1 Å². The van der Waals surface area contributed by atoms with Gasteiger partial charge in [-0.1, -0.05) is 18.2 Å². The summed E-state index contributed by atoms with van der Waals surface area (Å²) in [4.78, 5) is 23.0. The second-order valence-corrected chi connectivity index (χ2v) is 10.1. The number of fused-ring (bicyclic) bond motifs is 5. The number of amides is 1. The zero-order chi connectivity index (χ0) is 31.1. The number of alkyl halides is 5. The minimum Gasteiger partial charge on any atom is -0.491 e. The number of ether oxygens (including phenoxy) is 3. The predicted molar refractivity (Wildman–Crippen MR) is 153 cm³/mol. The Morgan fingerprint density at radius 3 is 2.20 bits per heavy atom. The van der Waals surface area contributed by atoms with Crippen molar-refractivity contribution in [2.24, 2.45) is 0 Å². The van der Waals surface area contributed by atoms with Gasteiger partial charge in [0.25, 0.3) is 6.43 Å². The van der Waals surface area contributed by atoms with E-state index in [4.69, 9.17) is 19.3 Å². The number of pyridine rings is 2. The number of aliphatic hydroxyl groups excluding tert-OH is 1. The first kappa shape index (κ1) is 31.9. The maximum Gasteiger partial charge on any atom is 0.418 e. The smallest absolute Gasteiger partial charge is 0.418 e. The van der Waals surface area contributed by atoms with Gasteiger partial charge in [0.2, 0.25) is 5.91 Å².